The molecule has 0 spiro atoms. The van der Waals surface area contributed by atoms with Crippen molar-refractivity contribution >= 4 is 11.8 Å². The number of Topliss-reactive ketones (excluding diaryl/α,β-unsaturated/α-hetero) is 1. The summed E-state index contributed by atoms with van der Waals surface area (Å²) >= 11 is 0. The summed E-state index contributed by atoms with van der Waals surface area (Å²) in [6, 6.07) is 29.7. The highest BCUT2D eigenvalue weighted by Crippen LogP contribution is 2.33. The van der Waals surface area contributed by atoms with Gasteiger partial charge in [-0.15, -0.1) is 0 Å². The third kappa shape index (κ3) is 7.76. The van der Waals surface area contributed by atoms with Crippen LogP contribution in [0.2, 0.25) is 0 Å². The van der Waals surface area contributed by atoms with E-state index in [0.717, 1.165) is 42.6 Å². The van der Waals surface area contributed by atoms with E-state index in [1.54, 1.807) is 48.5 Å². The minimum atomic E-state index is -0.448. The van der Waals surface area contributed by atoms with Gasteiger partial charge in [-0.1, -0.05) is 71.0 Å². The zero-order valence-corrected chi connectivity index (χ0v) is 26.8. The Hall–Kier alpha value is -4.38. The molecular formula is C39H44O5. The van der Waals surface area contributed by atoms with Crippen LogP contribution in [0.5, 0.6) is 23.0 Å². The number of benzene rings is 4. The molecule has 5 heteroatoms. The highest BCUT2D eigenvalue weighted by molar-refractivity contribution is 6.00. The second kappa shape index (κ2) is 14.4. The molecule has 0 aliphatic rings. The summed E-state index contributed by atoms with van der Waals surface area (Å²) in [6.07, 6.45) is 3.96. The Kier molecular flexibility index (Phi) is 10.6. The summed E-state index contributed by atoms with van der Waals surface area (Å²) in [5, 5.41) is 0. The lowest BCUT2D eigenvalue weighted by molar-refractivity contribution is 0.0732. The van der Waals surface area contributed by atoms with Crippen molar-refractivity contribution in [2.45, 2.75) is 79.2 Å². The maximum Gasteiger partial charge on any atom is 0.343 e. The Balaban J connectivity index is 1.43. The van der Waals surface area contributed by atoms with Crippen LogP contribution in [0.1, 0.15) is 99.1 Å². The molecule has 4 rings (SSSR count). The van der Waals surface area contributed by atoms with E-state index in [2.05, 4.69) is 26.8 Å². The molecule has 0 aliphatic heterocycles. The average molecular weight is 593 g/mol. The van der Waals surface area contributed by atoms with Crippen molar-refractivity contribution in [1.82, 2.24) is 0 Å². The number of ether oxygens (including phenoxy) is 3. The Labute approximate surface area is 262 Å². The Morgan fingerprint density at radius 3 is 1.59 bits per heavy atom. The van der Waals surface area contributed by atoms with Gasteiger partial charge in [0.15, 0.2) is 5.78 Å². The molecule has 4 aromatic carbocycles. The van der Waals surface area contributed by atoms with Crippen LogP contribution in [-0.4, -0.2) is 17.4 Å². The summed E-state index contributed by atoms with van der Waals surface area (Å²) in [6.45, 7) is 12.5. The molecule has 5 nitrogen and oxygen atoms in total. The molecule has 0 unspecified atom stereocenters. The minimum Gasteiger partial charge on any atom is -0.487 e. The predicted molar refractivity (Wildman–Crippen MR) is 176 cm³/mol. The first-order valence-corrected chi connectivity index (χ1v) is 15.6. The molecule has 0 N–H and O–H groups in total. The van der Waals surface area contributed by atoms with Crippen LogP contribution in [0.4, 0.5) is 0 Å². The van der Waals surface area contributed by atoms with Crippen LogP contribution >= 0.6 is 0 Å². The molecule has 230 valence electrons. The van der Waals surface area contributed by atoms with Crippen molar-refractivity contribution in [3.05, 3.63) is 119 Å². The largest absolute Gasteiger partial charge is 0.487 e. The molecule has 0 heterocycles. The third-order valence-corrected chi connectivity index (χ3v) is 8.93. The van der Waals surface area contributed by atoms with E-state index in [1.165, 1.54) is 0 Å². The number of ketones is 1. The van der Waals surface area contributed by atoms with Gasteiger partial charge in [0.05, 0.1) is 5.56 Å². The average Bonchev–Trinajstić information content (AvgIpc) is 3.06. The standard InChI is InChI=1S/C39H44O5/c1-7-38(5,8-2)36(40)28-19-23-32(24-20-28)42-33-25-21-29(22-26-33)37(41)43-34-17-13-11-15-30(34)27-31-16-12-14-18-35(31)44-39(6,9-3)10-4/h11-26H,7-10,27H2,1-6H3. The van der Waals surface area contributed by atoms with Gasteiger partial charge in [-0.05, 0) is 104 Å². The molecule has 0 fully saturated rings. The van der Waals surface area contributed by atoms with Crippen molar-refractivity contribution in [3.63, 3.8) is 0 Å². The van der Waals surface area contributed by atoms with Gasteiger partial charge in [-0.2, -0.15) is 0 Å². The van der Waals surface area contributed by atoms with Gasteiger partial charge in [0.2, 0.25) is 0 Å². The van der Waals surface area contributed by atoms with Crippen molar-refractivity contribution in [3.8, 4) is 23.0 Å². The smallest absolute Gasteiger partial charge is 0.343 e. The van der Waals surface area contributed by atoms with Gasteiger partial charge < -0.3 is 14.2 Å². The van der Waals surface area contributed by atoms with Crippen LogP contribution in [0, 0.1) is 5.41 Å². The molecule has 0 aromatic heterocycles. The lowest BCUT2D eigenvalue weighted by Crippen LogP contribution is -2.30. The van der Waals surface area contributed by atoms with Crippen molar-refractivity contribution in [1.29, 1.82) is 0 Å². The number of hydrogen-bond acceptors (Lipinski definition) is 5. The van der Waals surface area contributed by atoms with Crippen LogP contribution in [-0.2, 0) is 6.42 Å². The highest BCUT2D eigenvalue weighted by atomic mass is 16.5. The predicted octanol–water partition coefficient (Wildman–Crippen LogP) is 10.3. The number of rotatable bonds is 14. The van der Waals surface area contributed by atoms with E-state index in [0.29, 0.717) is 34.8 Å². The van der Waals surface area contributed by atoms with Gasteiger partial charge in [0, 0.05) is 17.4 Å². The number of carbonyl (C=O) groups excluding carboxylic acids is 2. The fraction of sp³-hybridized carbons (Fsp3) is 0.333. The highest BCUT2D eigenvalue weighted by Gasteiger charge is 2.30. The summed E-state index contributed by atoms with van der Waals surface area (Å²) in [5.74, 6) is 2.25. The zero-order valence-electron chi connectivity index (χ0n) is 26.8. The van der Waals surface area contributed by atoms with Gasteiger partial charge in [0.25, 0.3) is 0 Å². The van der Waals surface area contributed by atoms with Crippen LogP contribution in [0.15, 0.2) is 97.1 Å². The number of hydrogen-bond donors (Lipinski definition) is 0. The quantitative estimate of drug-likeness (QED) is 0.0828. The summed E-state index contributed by atoms with van der Waals surface area (Å²) < 4.78 is 18.3. The van der Waals surface area contributed by atoms with Crippen LogP contribution in [0.25, 0.3) is 0 Å². The van der Waals surface area contributed by atoms with Crippen molar-refractivity contribution in [2.24, 2.45) is 5.41 Å². The third-order valence-electron chi connectivity index (χ3n) is 8.93. The Morgan fingerprint density at radius 1 is 0.591 bits per heavy atom. The van der Waals surface area contributed by atoms with E-state index in [1.807, 2.05) is 63.2 Å². The molecule has 4 aromatic rings. The SMILES string of the molecule is CCC(C)(CC)Oc1ccccc1Cc1ccccc1OC(=O)c1ccc(Oc2ccc(C(=O)C(C)(CC)CC)cc2)cc1. The second-order valence-corrected chi connectivity index (χ2v) is 11.8. The summed E-state index contributed by atoms with van der Waals surface area (Å²) in [7, 11) is 0. The topological polar surface area (TPSA) is 61.8 Å². The van der Waals surface area contributed by atoms with Gasteiger partial charge in [-0.3, -0.25) is 4.79 Å². The molecule has 44 heavy (non-hydrogen) atoms. The first-order chi connectivity index (χ1) is 21.1. The molecule has 0 radical (unpaired) electrons. The Bertz CT molecular complexity index is 1540. The lowest BCUT2D eigenvalue weighted by atomic mass is 9.78. The number of para-hydroxylation sites is 2. The fourth-order valence-corrected chi connectivity index (χ4v) is 4.91. The first-order valence-electron chi connectivity index (χ1n) is 15.6. The molecule has 0 bridgehead atoms. The molecule has 0 saturated carbocycles. The summed E-state index contributed by atoms with van der Waals surface area (Å²) in [5.41, 5.74) is 2.42. The van der Waals surface area contributed by atoms with Crippen molar-refractivity contribution in [2.75, 3.05) is 0 Å². The number of carbonyl (C=O) groups is 2. The molecule has 0 aliphatic carbocycles. The van der Waals surface area contributed by atoms with Crippen LogP contribution < -0.4 is 14.2 Å². The first kappa shape index (κ1) is 32.5. The van der Waals surface area contributed by atoms with E-state index in [4.69, 9.17) is 14.2 Å². The molecule has 0 amide bonds. The zero-order chi connectivity index (χ0) is 31.7. The minimum absolute atomic E-state index is 0.145. The van der Waals surface area contributed by atoms with E-state index in [-0.39, 0.29) is 16.8 Å². The molecule has 0 atom stereocenters. The normalized spacial score (nSPS) is 11.6. The monoisotopic (exact) mass is 592 g/mol. The maximum absolute atomic E-state index is 13.1. The molecular weight excluding hydrogens is 548 g/mol. The number of esters is 1. The van der Waals surface area contributed by atoms with E-state index >= 15 is 0 Å². The molecule has 0 saturated heterocycles. The maximum atomic E-state index is 13.1. The van der Waals surface area contributed by atoms with Gasteiger partial charge in [0.1, 0.15) is 28.6 Å². The Morgan fingerprint density at radius 2 is 1.07 bits per heavy atom. The summed E-state index contributed by atoms with van der Waals surface area (Å²) in [4.78, 5) is 26.1. The fourth-order valence-electron chi connectivity index (χ4n) is 4.91. The van der Waals surface area contributed by atoms with Crippen molar-refractivity contribution < 1.29 is 23.8 Å². The lowest BCUT2D eigenvalue weighted by Gasteiger charge is -2.29. The van der Waals surface area contributed by atoms with Gasteiger partial charge in [-0.25, -0.2) is 4.79 Å². The van der Waals surface area contributed by atoms with E-state index < -0.39 is 5.97 Å². The second-order valence-electron chi connectivity index (χ2n) is 11.8. The van der Waals surface area contributed by atoms with Crippen LogP contribution in [0.3, 0.4) is 0 Å². The van der Waals surface area contributed by atoms with Gasteiger partial charge >= 0.3 is 5.97 Å². The van der Waals surface area contributed by atoms with E-state index in [9.17, 15) is 9.59 Å².